The number of rotatable bonds is 3. The molecule has 0 aliphatic carbocycles. The lowest BCUT2D eigenvalue weighted by Gasteiger charge is -2.37. The van der Waals surface area contributed by atoms with Crippen molar-refractivity contribution >= 4 is 5.91 Å². The fourth-order valence-electron chi connectivity index (χ4n) is 3.55. The Labute approximate surface area is 171 Å². The fraction of sp³-hybridized carbons (Fsp3) is 0.429. The molecule has 1 aromatic heterocycles. The number of hydrogen-bond acceptors (Lipinski definition) is 5. The zero-order valence-corrected chi connectivity index (χ0v) is 16.3. The van der Waals surface area contributed by atoms with Gasteiger partial charge >= 0.3 is 6.18 Å². The number of alkyl halides is 3. The number of benzene rings is 1. The summed E-state index contributed by atoms with van der Waals surface area (Å²) in [6, 6.07) is 9.38. The minimum atomic E-state index is -4.43. The van der Waals surface area contributed by atoms with E-state index in [9.17, 15) is 18.0 Å². The molecule has 1 aromatic carbocycles. The van der Waals surface area contributed by atoms with Gasteiger partial charge in [0.1, 0.15) is 12.2 Å². The molecule has 30 heavy (non-hydrogen) atoms. The van der Waals surface area contributed by atoms with Crippen molar-refractivity contribution in [2.45, 2.75) is 44.3 Å². The molecule has 0 unspecified atom stereocenters. The summed E-state index contributed by atoms with van der Waals surface area (Å²) in [6.07, 6.45) is -3.94. The van der Waals surface area contributed by atoms with Crippen molar-refractivity contribution in [3.63, 3.8) is 0 Å². The average molecular weight is 422 g/mol. The lowest BCUT2D eigenvalue weighted by Crippen LogP contribution is -2.53. The number of carbonyl (C=O) groups is 1. The number of fused-ring (bicyclic) bond motifs is 1. The van der Waals surface area contributed by atoms with Crippen LogP contribution in [0.1, 0.15) is 25.3 Å². The van der Waals surface area contributed by atoms with E-state index >= 15 is 0 Å². The van der Waals surface area contributed by atoms with Crippen LogP contribution in [0.4, 0.5) is 13.2 Å². The number of pyridine rings is 1. The van der Waals surface area contributed by atoms with Gasteiger partial charge in [-0.3, -0.25) is 4.79 Å². The summed E-state index contributed by atoms with van der Waals surface area (Å²) < 4.78 is 55.2. The van der Waals surface area contributed by atoms with Gasteiger partial charge in [0.25, 0.3) is 5.91 Å². The zero-order valence-electron chi connectivity index (χ0n) is 16.3. The molecule has 1 amide bonds. The number of carbonyl (C=O) groups excluding carboxylic acids is 1. The molecule has 2 aliphatic heterocycles. The normalized spacial score (nSPS) is 21.9. The van der Waals surface area contributed by atoms with Crippen molar-refractivity contribution in [1.82, 2.24) is 9.88 Å². The quantitative estimate of drug-likeness (QED) is 0.755. The standard InChI is InChI=1S/C21H21F3N2O4/c1-13-19(30-17-5-3-2-4-16(17)28-13)20(27)26-10-8-15(9-11-26)29-18-7-6-14(12-25-18)21(22,23)24/h2-7,12-13,15,19H,8-11H2,1H3/t13-,19-/m1/s1. The number of halogens is 3. The molecule has 2 aliphatic rings. The van der Waals surface area contributed by atoms with Crippen LogP contribution in [-0.2, 0) is 11.0 Å². The van der Waals surface area contributed by atoms with Crippen molar-refractivity contribution in [2.75, 3.05) is 13.1 Å². The molecule has 4 rings (SSSR count). The summed E-state index contributed by atoms with van der Waals surface area (Å²) in [5.74, 6) is 1.15. The number of aromatic nitrogens is 1. The number of likely N-dealkylation sites (tertiary alicyclic amines) is 1. The zero-order chi connectivity index (χ0) is 21.3. The van der Waals surface area contributed by atoms with E-state index in [1.807, 2.05) is 12.1 Å². The summed E-state index contributed by atoms with van der Waals surface area (Å²) in [5, 5.41) is 0. The summed E-state index contributed by atoms with van der Waals surface area (Å²) in [7, 11) is 0. The van der Waals surface area contributed by atoms with Crippen LogP contribution >= 0.6 is 0 Å². The molecular weight excluding hydrogens is 401 g/mol. The van der Waals surface area contributed by atoms with Crippen LogP contribution in [-0.4, -0.2) is 47.2 Å². The molecule has 1 fully saturated rings. The largest absolute Gasteiger partial charge is 0.482 e. The SMILES string of the molecule is C[C@H]1Oc2ccccc2O[C@H]1C(=O)N1CCC(Oc2ccc(C(F)(F)F)cn2)CC1. The van der Waals surface area contributed by atoms with Crippen molar-refractivity contribution in [2.24, 2.45) is 0 Å². The van der Waals surface area contributed by atoms with Crippen LogP contribution in [0, 0.1) is 0 Å². The average Bonchev–Trinajstić information content (AvgIpc) is 2.73. The van der Waals surface area contributed by atoms with Gasteiger partial charge in [-0.15, -0.1) is 0 Å². The molecule has 0 bridgehead atoms. The Morgan fingerprint density at radius 1 is 1.10 bits per heavy atom. The molecule has 1 saturated heterocycles. The third-order valence-corrected chi connectivity index (χ3v) is 5.19. The van der Waals surface area contributed by atoms with E-state index in [4.69, 9.17) is 14.2 Å². The fourth-order valence-corrected chi connectivity index (χ4v) is 3.55. The van der Waals surface area contributed by atoms with Crippen molar-refractivity contribution in [1.29, 1.82) is 0 Å². The second-order valence-corrected chi connectivity index (χ2v) is 7.33. The molecule has 2 atom stereocenters. The summed E-state index contributed by atoms with van der Waals surface area (Å²) in [6.45, 7) is 2.71. The third kappa shape index (κ3) is 4.29. The topological polar surface area (TPSA) is 60.9 Å². The first-order chi connectivity index (χ1) is 14.3. The lowest BCUT2D eigenvalue weighted by molar-refractivity contribution is -0.146. The van der Waals surface area contributed by atoms with Gasteiger partial charge in [-0.1, -0.05) is 12.1 Å². The van der Waals surface area contributed by atoms with Crippen molar-refractivity contribution in [3.8, 4) is 17.4 Å². The highest BCUT2D eigenvalue weighted by atomic mass is 19.4. The van der Waals surface area contributed by atoms with Crippen LogP contribution in [0.25, 0.3) is 0 Å². The molecule has 9 heteroatoms. The monoisotopic (exact) mass is 422 g/mol. The number of hydrogen-bond donors (Lipinski definition) is 0. The Bertz CT molecular complexity index is 896. The minimum absolute atomic E-state index is 0.141. The van der Waals surface area contributed by atoms with Crippen LogP contribution < -0.4 is 14.2 Å². The maximum Gasteiger partial charge on any atom is 0.417 e. The number of amides is 1. The molecule has 0 radical (unpaired) electrons. The van der Waals surface area contributed by atoms with E-state index in [0.29, 0.717) is 37.4 Å². The third-order valence-electron chi connectivity index (χ3n) is 5.19. The summed E-state index contributed by atoms with van der Waals surface area (Å²) in [5.41, 5.74) is -0.819. The van der Waals surface area contributed by atoms with Gasteiger partial charge in [0.15, 0.2) is 11.5 Å². The summed E-state index contributed by atoms with van der Waals surface area (Å²) >= 11 is 0. The van der Waals surface area contributed by atoms with Crippen molar-refractivity contribution in [3.05, 3.63) is 48.2 Å². The van der Waals surface area contributed by atoms with Gasteiger partial charge in [-0.25, -0.2) is 4.98 Å². The molecule has 0 saturated carbocycles. The Hall–Kier alpha value is -2.97. The van der Waals surface area contributed by atoms with E-state index in [-0.39, 0.29) is 17.9 Å². The van der Waals surface area contributed by atoms with Gasteiger partial charge in [-0.2, -0.15) is 13.2 Å². The Morgan fingerprint density at radius 2 is 1.77 bits per heavy atom. The molecule has 3 heterocycles. The van der Waals surface area contributed by atoms with E-state index in [1.165, 1.54) is 6.07 Å². The highest BCUT2D eigenvalue weighted by Crippen LogP contribution is 2.34. The van der Waals surface area contributed by atoms with Crippen molar-refractivity contribution < 1.29 is 32.2 Å². The lowest BCUT2D eigenvalue weighted by atomic mass is 10.1. The minimum Gasteiger partial charge on any atom is -0.482 e. The molecule has 0 spiro atoms. The maximum absolute atomic E-state index is 12.9. The molecule has 0 N–H and O–H groups in total. The van der Waals surface area contributed by atoms with Gasteiger partial charge in [-0.05, 0) is 25.1 Å². The van der Waals surface area contributed by atoms with Crippen LogP contribution in [0.5, 0.6) is 17.4 Å². The molecule has 160 valence electrons. The van der Waals surface area contributed by atoms with Crippen LogP contribution in [0.15, 0.2) is 42.6 Å². The number of nitrogens with zero attached hydrogens (tertiary/aromatic N) is 2. The number of ether oxygens (including phenoxy) is 3. The first kappa shape index (κ1) is 20.3. The molecule has 2 aromatic rings. The van der Waals surface area contributed by atoms with Crippen LogP contribution in [0.3, 0.4) is 0 Å². The van der Waals surface area contributed by atoms with Gasteiger partial charge in [0.2, 0.25) is 12.0 Å². The number of para-hydroxylation sites is 2. The van der Waals surface area contributed by atoms with Gasteiger partial charge in [0, 0.05) is 38.2 Å². The van der Waals surface area contributed by atoms with E-state index < -0.39 is 23.9 Å². The molecular formula is C21H21F3N2O4. The molecule has 6 nitrogen and oxygen atoms in total. The van der Waals surface area contributed by atoms with Gasteiger partial charge in [0.05, 0.1) is 5.56 Å². The Morgan fingerprint density at radius 3 is 2.37 bits per heavy atom. The Balaban J connectivity index is 1.32. The Kier molecular flexibility index (Phi) is 5.44. The second kappa shape index (κ2) is 8.04. The first-order valence-corrected chi connectivity index (χ1v) is 9.72. The first-order valence-electron chi connectivity index (χ1n) is 9.72. The van der Waals surface area contributed by atoms with Crippen LogP contribution in [0.2, 0.25) is 0 Å². The summed E-state index contributed by atoms with van der Waals surface area (Å²) in [4.78, 5) is 18.4. The second-order valence-electron chi connectivity index (χ2n) is 7.33. The predicted octanol–water partition coefficient (Wildman–Crippen LogP) is 3.70. The smallest absolute Gasteiger partial charge is 0.417 e. The highest BCUT2D eigenvalue weighted by molar-refractivity contribution is 5.82. The predicted molar refractivity (Wildman–Crippen MR) is 100 cm³/mol. The van der Waals surface area contributed by atoms with E-state index in [1.54, 1.807) is 24.0 Å². The number of piperidine rings is 1. The van der Waals surface area contributed by atoms with E-state index in [2.05, 4.69) is 4.98 Å². The van der Waals surface area contributed by atoms with Gasteiger partial charge < -0.3 is 19.1 Å². The maximum atomic E-state index is 12.9. The van der Waals surface area contributed by atoms with E-state index in [0.717, 1.165) is 12.3 Å². The highest BCUT2D eigenvalue weighted by Gasteiger charge is 2.38.